The van der Waals surface area contributed by atoms with Crippen molar-refractivity contribution in [3.05, 3.63) is 40.4 Å². The van der Waals surface area contributed by atoms with Gasteiger partial charge in [0.05, 0.1) is 4.47 Å². The first-order valence-corrected chi connectivity index (χ1v) is 7.29. The van der Waals surface area contributed by atoms with Gasteiger partial charge in [-0.25, -0.2) is 9.37 Å². The van der Waals surface area contributed by atoms with Gasteiger partial charge in [-0.05, 0) is 34.1 Å². The number of rotatable bonds is 3. The summed E-state index contributed by atoms with van der Waals surface area (Å²) in [6.45, 7) is 6.08. The molecule has 2 rings (SSSR count). The second-order valence-electron chi connectivity index (χ2n) is 5.59. The fraction of sp³-hybridized carbons (Fsp3) is 0.333. The van der Waals surface area contributed by atoms with Gasteiger partial charge in [-0.15, -0.1) is 0 Å². The number of halogens is 2. The molecule has 0 fully saturated rings. The van der Waals surface area contributed by atoms with E-state index in [4.69, 9.17) is 4.74 Å². The van der Waals surface area contributed by atoms with E-state index in [0.29, 0.717) is 27.7 Å². The van der Waals surface area contributed by atoms with Gasteiger partial charge in [0.25, 0.3) is 0 Å². The molecule has 6 heteroatoms. The molecule has 1 N–H and O–H groups in total. The third kappa shape index (κ3) is 3.91. The van der Waals surface area contributed by atoms with Crippen molar-refractivity contribution in [2.24, 2.45) is 0 Å². The lowest BCUT2D eigenvalue weighted by Gasteiger charge is -2.18. The van der Waals surface area contributed by atoms with Crippen LogP contribution in [-0.2, 0) is 5.41 Å². The molecule has 0 aliphatic rings. The Hall–Kier alpha value is -1.69. The van der Waals surface area contributed by atoms with E-state index in [1.807, 2.05) is 20.8 Å². The highest BCUT2D eigenvalue weighted by molar-refractivity contribution is 9.10. The van der Waals surface area contributed by atoms with E-state index in [0.717, 1.165) is 0 Å². The van der Waals surface area contributed by atoms with Crippen molar-refractivity contribution in [1.82, 2.24) is 9.97 Å². The zero-order valence-electron chi connectivity index (χ0n) is 12.4. The van der Waals surface area contributed by atoms with Crippen molar-refractivity contribution < 1.29 is 9.13 Å². The predicted molar refractivity (Wildman–Crippen MR) is 84.5 cm³/mol. The second kappa shape index (κ2) is 5.97. The molecule has 0 radical (unpaired) electrons. The van der Waals surface area contributed by atoms with Crippen LogP contribution >= 0.6 is 15.9 Å². The number of hydrogen-bond donors (Lipinski definition) is 1. The summed E-state index contributed by atoms with van der Waals surface area (Å²) in [5, 5.41) is 2.99. The number of nitrogens with one attached hydrogen (secondary N) is 1. The van der Waals surface area contributed by atoms with Crippen molar-refractivity contribution in [3.8, 4) is 11.6 Å². The molecule has 1 aromatic carbocycles. The van der Waals surface area contributed by atoms with Crippen molar-refractivity contribution >= 4 is 21.7 Å². The lowest BCUT2D eigenvalue weighted by Crippen LogP contribution is -2.17. The van der Waals surface area contributed by atoms with E-state index in [2.05, 4.69) is 31.2 Å². The molecule has 0 aliphatic carbocycles. The Kier molecular flexibility index (Phi) is 4.46. The third-order valence-electron chi connectivity index (χ3n) is 2.74. The van der Waals surface area contributed by atoms with Gasteiger partial charge in [-0.3, -0.25) is 0 Å². The summed E-state index contributed by atoms with van der Waals surface area (Å²) in [5.74, 6) is 1.93. The minimum absolute atomic E-state index is 0.200. The van der Waals surface area contributed by atoms with E-state index >= 15 is 0 Å². The molecular formula is C15H17BrFN3O. The quantitative estimate of drug-likeness (QED) is 0.881. The molecule has 0 aliphatic heterocycles. The van der Waals surface area contributed by atoms with Gasteiger partial charge < -0.3 is 10.1 Å². The molecule has 0 saturated heterocycles. The average molecular weight is 354 g/mol. The third-order valence-corrected chi connectivity index (χ3v) is 3.35. The monoisotopic (exact) mass is 353 g/mol. The van der Waals surface area contributed by atoms with Crippen LogP contribution in [0.3, 0.4) is 0 Å². The molecule has 2 aromatic rings. The van der Waals surface area contributed by atoms with Crippen LogP contribution in [-0.4, -0.2) is 17.0 Å². The number of ether oxygens (including phenoxy) is 1. The normalized spacial score (nSPS) is 11.3. The zero-order chi connectivity index (χ0) is 15.6. The summed E-state index contributed by atoms with van der Waals surface area (Å²) in [7, 11) is 1.78. The predicted octanol–water partition coefficient (Wildman–Crippen LogP) is 4.51. The van der Waals surface area contributed by atoms with Crippen LogP contribution in [0.5, 0.6) is 11.6 Å². The highest BCUT2D eigenvalue weighted by Gasteiger charge is 2.19. The van der Waals surface area contributed by atoms with Crippen LogP contribution in [0.4, 0.5) is 10.2 Å². The molecule has 4 nitrogen and oxygen atoms in total. The summed E-state index contributed by atoms with van der Waals surface area (Å²) < 4.78 is 19.3. The maximum absolute atomic E-state index is 13.2. The van der Waals surface area contributed by atoms with E-state index < -0.39 is 0 Å². The van der Waals surface area contributed by atoms with Gasteiger partial charge in [0.2, 0.25) is 5.88 Å². The Morgan fingerprint density at radius 1 is 1.19 bits per heavy atom. The summed E-state index contributed by atoms with van der Waals surface area (Å²) in [6.07, 6.45) is 0. The van der Waals surface area contributed by atoms with Crippen LogP contribution in [0.1, 0.15) is 26.6 Å². The Bertz CT molecular complexity index is 656. The molecular weight excluding hydrogens is 337 g/mol. The Morgan fingerprint density at radius 2 is 1.90 bits per heavy atom. The van der Waals surface area contributed by atoms with Crippen molar-refractivity contribution in [1.29, 1.82) is 0 Å². The van der Waals surface area contributed by atoms with Crippen LogP contribution < -0.4 is 10.1 Å². The van der Waals surface area contributed by atoms with Crippen LogP contribution in [0.2, 0.25) is 0 Å². The molecule has 112 valence electrons. The lowest BCUT2D eigenvalue weighted by molar-refractivity contribution is 0.445. The van der Waals surface area contributed by atoms with Gasteiger partial charge in [-0.1, -0.05) is 20.8 Å². The van der Waals surface area contributed by atoms with Crippen molar-refractivity contribution in [2.75, 3.05) is 12.4 Å². The molecule has 0 atom stereocenters. The SMILES string of the molecule is CNc1cc(Oc2ccc(F)c(Br)c2)nc(C(C)(C)C)n1. The largest absolute Gasteiger partial charge is 0.439 e. The van der Waals surface area contributed by atoms with E-state index in [1.54, 1.807) is 25.2 Å². The van der Waals surface area contributed by atoms with Gasteiger partial charge in [0, 0.05) is 18.5 Å². The van der Waals surface area contributed by atoms with Gasteiger partial charge in [-0.2, -0.15) is 4.98 Å². The molecule has 1 heterocycles. The smallest absolute Gasteiger partial charge is 0.224 e. The Morgan fingerprint density at radius 3 is 2.48 bits per heavy atom. The minimum Gasteiger partial charge on any atom is -0.439 e. The average Bonchev–Trinajstić information content (AvgIpc) is 2.41. The summed E-state index contributed by atoms with van der Waals surface area (Å²) in [6, 6.07) is 6.15. The highest BCUT2D eigenvalue weighted by Crippen LogP contribution is 2.28. The van der Waals surface area contributed by atoms with Crippen LogP contribution in [0.15, 0.2) is 28.7 Å². The fourth-order valence-electron chi connectivity index (χ4n) is 1.60. The number of hydrogen-bond acceptors (Lipinski definition) is 4. The molecule has 1 aromatic heterocycles. The molecule has 0 bridgehead atoms. The highest BCUT2D eigenvalue weighted by atomic mass is 79.9. The maximum atomic E-state index is 13.2. The summed E-state index contributed by atoms with van der Waals surface area (Å²) in [5.41, 5.74) is -0.200. The molecule has 0 spiro atoms. The van der Waals surface area contributed by atoms with Gasteiger partial charge in [0.1, 0.15) is 23.2 Å². The first-order chi connectivity index (χ1) is 9.79. The Balaban J connectivity index is 2.36. The standard InChI is InChI=1S/C15H17BrFN3O/c1-15(2,3)14-19-12(18-4)8-13(20-14)21-9-5-6-11(17)10(16)7-9/h5-8H,1-4H3,(H,18,19,20). The minimum atomic E-state index is -0.337. The number of anilines is 1. The number of aromatic nitrogens is 2. The van der Waals surface area contributed by atoms with Crippen molar-refractivity contribution in [2.45, 2.75) is 26.2 Å². The molecule has 21 heavy (non-hydrogen) atoms. The first-order valence-electron chi connectivity index (χ1n) is 6.50. The number of nitrogens with zero attached hydrogens (tertiary/aromatic N) is 2. The second-order valence-corrected chi connectivity index (χ2v) is 6.45. The molecule has 0 unspecified atom stereocenters. The molecule has 0 saturated carbocycles. The lowest BCUT2D eigenvalue weighted by atomic mass is 9.96. The van der Waals surface area contributed by atoms with Crippen LogP contribution in [0, 0.1) is 5.82 Å². The summed E-state index contributed by atoms with van der Waals surface area (Å²) >= 11 is 3.13. The van der Waals surface area contributed by atoms with Gasteiger partial charge >= 0.3 is 0 Å². The van der Waals surface area contributed by atoms with Gasteiger partial charge in [0.15, 0.2) is 0 Å². The van der Waals surface area contributed by atoms with E-state index in [-0.39, 0.29) is 11.2 Å². The topological polar surface area (TPSA) is 47.0 Å². The Labute approximate surface area is 131 Å². The van der Waals surface area contributed by atoms with E-state index in [1.165, 1.54) is 6.07 Å². The molecule has 0 amide bonds. The van der Waals surface area contributed by atoms with E-state index in [9.17, 15) is 4.39 Å². The van der Waals surface area contributed by atoms with Crippen molar-refractivity contribution in [3.63, 3.8) is 0 Å². The first kappa shape index (κ1) is 15.7. The fourth-order valence-corrected chi connectivity index (χ4v) is 1.96. The summed E-state index contributed by atoms with van der Waals surface area (Å²) in [4.78, 5) is 8.84. The zero-order valence-corrected chi connectivity index (χ0v) is 14.0. The number of benzene rings is 1. The maximum Gasteiger partial charge on any atom is 0.224 e. The van der Waals surface area contributed by atoms with Crippen LogP contribution in [0.25, 0.3) is 0 Å².